The van der Waals surface area contributed by atoms with Crippen LogP contribution < -0.4 is 0 Å². The highest BCUT2D eigenvalue weighted by Gasteiger charge is 2.13. The summed E-state index contributed by atoms with van der Waals surface area (Å²) in [4.78, 5) is 6.15. The molecular formula is C12H17N3O4. The van der Waals surface area contributed by atoms with Gasteiger partial charge >= 0.3 is 0 Å². The molecule has 0 aliphatic carbocycles. The topological polar surface area (TPSA) is 84.8 Å². The predicted octanol–water partition coefficient (Wildman–Crippen LogP) is 0.769. The lowest BCUT2D eigenvalue weighted by Gasteiger charge is -2.18. The van der Waals surface area contributed by atoms with Gasteiger partial charge in [0.2, 0.25) is 0 Å². The van der Waals surface area contributed by atoms with Crippen LogP contribution in [0.3, 0.4) is 0 Å². The largest absolute Gasteiger partial charge is 0.472 e. The quantitative estimate of drug-likeness (QED) is 0.793. The first-order valence-corrected chi connectivity index (χ1v) is 5.89. The lowest BCUT2D eigenvalue weighted by atomic mass is 10.3. The van der Waals surface area contributed by atoms with Crippen molar-refractivity contribution in [3.8, 4) is 11.5 Å². The fourth-order valence-corrected chi connectivity index (χ4v) is 1.73. The zero-order valence-electron chi connectivity index (χ0n) is 10.9. The van der Waals surface area contributed by atoms with Crippen LogP contribution in [-0.2, 0) is 11.3 Å². The molecule has 0 saturated carbocycles. The van der Waals surface area contributed by atoms with Gasteiger partial charge in [0, 0.05) is 13.7 Å². The third-order valence-electron chi connectivity index (χ3n) is 2.53. The highest BCUT2D eigenvalue weighted by atomic mass is 16.5. The highest BCUT2D eigenvalue weighted by Crippen LogP contribution is 2.17. The molecule has 2 aromatic heterocycles. The Balaban J connectivity index is 1.89. The monoisotopic (exact) mass is 267 g/mol. The number of likely N-dealkylation sites (N-methyl/N-ethyl adjacent to an activating group) is 1. The highest BCUT2D eigenvalue weighted by molar-refractivity contribution is 5.49. The van der Waals surface area contributed by atoms with Gasteiger partial charge in [-0.2, -0.15) is 4.98 Å². The van der Waals surface area contributed by atoms with Crippen molar-refractivity contribution in [3.05, 3.63) is 24.4 Å². The summed E-state index contributed by atoms with van der Waals surface area (Å²) in [7, 11) is 3.42. The molecule has 1 atom stereocenters. The smallest absolute Gasteiger partial charge is 0.261 e. The third-order valence-corrected chi connectivity index (χ3v) is 2.53. The van der Waals surface area contributed by atoms with Gasteiger partial charge in [-0.25, -0.2) is 0 Å². The summed E-state index contributed by atoms with van der Waals surface area (Å²) in [6.45, 7) is 1.27. The second-order valence-electron chi connectivity index (χ2n) is 4.33. The molecule has 1 unspecified atom stereocenters. The zero-order chi connectivity index (χ0) is 13.7. The van der Waals surface area contributed by atoms with Crippen molar-refractivity contribution in [2.24, 2.45) is 0 Å². The van der Waals surface area contributed by atoms with Gasteiger partial charge in [-0.15, -0.1) is 0 Å². The second-order valence-corrected chi connectivity index (χ2v) is 4.33. The number of rotatable bonds is 7. The molecule has 0 spiro atoms. The number of furan rings is 1. The SMILES string of the molecule is COCC(O)CN(C)Cc1noc(-c2ccoc2)n1. The van der Waals surface area contributed by atoms with E-state index in [0.29, 0.717) is 31.4 Å². The number of nitrogens with zero attached hydrogens (tertiary/aromatic N) is 3. The van der Waals surface area contributed by atoms with E-state index in [1.54, 1.807) is 25.7 Å². The fraction of sp³-hybridized carbons (Fsp3) is 0.500. The molecule has 0 amide bonds. The summed E-state index contributed by atoms with van der Waals surface area (Å²) in [5, 5.41) is 13.5. The van der Waals surface area contributed by atoms with E-state index in [1.807, 2.05) is 11.9 Å². The Morgan fingerprint density at radius 1 is 1.53 bits per heavy atom. The first-order valence-electron chi connectivity index (χ1n) is 5.89. The van der Waals surface area contributed by atoms with Crippen LogP contribution in [0.2, 0.25) is 0 Å². The maximum absolute atomic E-state index is 9.61. The van der Waals surface area contributed by atoms with Gasteiger partial charge in [0.15, 0.2) is 5.82 Å². The van der Waals surface area contributed by atoms with Crippen LogP contribution in [0.5, 0.6) is 0 Å². The average Bonchev–Trinajstić information content (AvgIpc) is 2.98. The molecule has 0 aliphatic rings. The van der Waals surface area contributed by atoms with Crippen molar-refractivity contribution < 1.29 is 18.8 Å². The van der Waals surface area contributed by atoms with E-state index in [1.165, 1.54) is 0 Å². The molecule has 0 bridgehead atoms. The van der Waals surface area contributed by atoms with Crippen molar-refractivity contribution in [1.29, 1.82) is 0 Å². The van der Waals surface area contributed by atoms with Crippen LogP contribution in [0.15, 0.2) is 27.5 Å². The van der Waals surface area contributed by atoms with Crippen LogP contribution in [0.25, 0.3) is 11.5 Å². The van der Waals surface area contributed by atoms with Crippen molar-refractivity contribution in [2.75, 3.05) is 27.3 Å². The molecule has 0 saturated heterocycles. The molecule has 0 fully saturated rings. The van der Waals surface area contributed by atoms with E-state index in [-0.39, 0.29) is 0 Å². The lowest BCUT2D eigenvalue weighted by molar-refractivity contribution is 0.0413. The van der Waals surface area contributed by atoms with Crippen LogP contribution in [0.4, 0.5) is 0 Å². The molecule has 0 radical (unpaired) electrons. The summed E-state index contributed by atoms with van der Waals surface area (Å²) in [5.41, 5.74) is 0.751. The van der Waals surface area contributed by atoms with Gasteiger partial charge in [-0.3, -0.25) is 4.90 Å². The molecule has 19 heavy (non-hydrogen) atoms. The summed E-state index contributed by atoms with van der Waals surface area (Å²) in [6.07, 6.45) is 2.56. The Morgan fingerprint density at radius 2 is 2.37 bits per heavy atom. The Morgan fingerprint density at radius 3 is 3.05 bits per heavy atom. The predicted molar refractivity (Wildman–Crippen MR) is 66.2 cm³/mol. The molecule has 104 valence electrons. The van der Waals surface area contributed by atoms with Gasteiger partial charge in [0.1, 0.15) is 6.26 Å². The normalized spacial score (nSPS) is 13.1. The van der Waals surface area contributed by atoms with E-state index in [2.05, 4.69) is 10.1 Å². The van der Waals surface area contributed by atoms with Crippen LogP contribution in [-0.4, -0.2) is 53.6 Å². The molecular weight excluding hydrogens is 250 g/mol. The minimum absolute atomic E-state index is 0.302. The van der Waals surface area contributed by atoms with Crippen molar-refractivity contribution in [1.82, 2.24) is 15.0 Å². The number of aliphatic hydroxyl groups excluding tert-OH is 1. The number of aromatic nitrogens is 2. The third kappa shape index (κ3) is 3.88. The standard InChI is InChI=1S/C12H17N3O4/c1-15(5-10(16)8-17-2)6-11-13-12(19-14-11)9-3-4-18-7-9/h3-4,7,10,16H,5-6,8H2,1-2H3. The molecule has 2 rings (SSSR count). The number of hydrogen-bond acceptors (Lipinski definition) is 7. The fourth-order valence-electron chi connectivity index (χ4n) is 1.73. The van der Waals surface area contributed by atoms with Gasteiger partial charge in [0.05, 0.1) is 31.1 Å². The minimum atomic E-state index is -0.532. The first kappa shape index (κ1) is 13.7. The van der Waals surface area contributed by atoms with Crippen molar-refractivity contribution >= 4 is 0 Å². The Bertz CT molecular complexity index is 483. The Labute approximate surface area is 110 Å². The second kappa shape index (κ2) is 6.46. The molecule has 7 heteroatoms. The summed E-state index contributed by atoms with van der Waals surface area (Å²) in [5.74, 6) is 0.984. The van der Waals surface area contributed by atoms with E-state index >= 15 is 0 Å². The molecule has 2 heterocycles. The minimum Gasteiger partial charge on any atom is -0.472 e. The maximum Gasteiger partial charge on any atom is 0.261 e. The average molecular weight is 267 g/mol. The number of ether oxygens (including phenoxy) is 1. The van der Waals surface area contributed by atoms with Gasteiger partial charge in [0.25, 0.3) is 5.89 Å². The van der Waals surface area contributed by atoms with E-state index < -0.39 is 6.10 Å². The molecule has 2 aromatic rings. The van der Waals surface area contributed by atoms with E-state index in [0.717, 1.165) is 5.56 Å². The van der Waals surface area contributed by atoms with E-state index in [4.69, 9.17) is 13.7 Å². The summed E-state index contributed by atoms with van der Waals surface area (Å²) < 4.78 is 15.0. The maximum atomic E-state index is 9.61. The van der Waals surface area contributed by atoms with Gasteiger partial charge in [-0.05, 0) is 13.1 Å². The Kier molecular flexibility index (Phi) is 4.67. The van der Waals surface area contributed by atoms with Gasteiger partial charge in [-0.1, -0.05) is 5.16 Å². The molecule has 1 N–H and O–H groups in total. The molecule has 0 aliphatic heterocycles. The first-order chi connectivity index (χ1) is 9.19. The summed E-state index contributed by atoms with van der Waals surface area (Å²) >= 11 is 0. The number of methoxy groups -OCH3 is 1. The summed E-state index contributed by atoms with van der Waals surface area (Å²) in [6, 6.07) is 1.75. The lowest BCUT2D eigenvalue weighted by Crippen LogP contribution is -2.31. The van der Waals surface area contributed by atoms with Crippen LogP contribution >= 0.6 is 0 Å². The molecule has 7 nitrogen and oxygen atoms in total. The molecule has 0 aromatic carbocycles. The Hall–Kier alpha value is -1.70. The number of hydrogen-bond donors (Lipinski definition) is 1. The van der Waals surface area contributed by atoms with Crippen molar-refractivity contribution in [2.45, 2.75) is 12.6 Å². The van der Waals surface area contributed by atoms with Crippen molar-refractivity contribution in [3.63, 3.8) is 0 Å². The van der Waals surface area contributed by atoms with Crippen LogP contribution in [0.1, 0.15) is 5.82 Å². The number of aliphatic hydroxyl groups is 1. The van der Waals surface area contributed by atoms with E-state index in [9.17, 15) is 5.11 Å². The van der Waals surface area contributed by atoms with Crippen LogP contribution in [0, 0.1) is 0 Å². The van der Waals surface area contributed by atoms with Gasteiger partial charge < -0.3 is 18.8 Å². The zero-order valence-corrected chi connectivity index (χ0v) is 10.9.